The molecule has 0 amide bonds. The van der Waals surface area contributed by atoms with E-state index in [9.17, 15) is 5.11 Å². The fraction of sp³-hybridized carbons (Fsp3) is 1.00. The molecule has 2 atom stereocenters. The highest BCUT2D eigenvalue weighted by Crippen LogP contribution is 2.16. The first-order chi connectivity index (χ1) is 5.52. The van der Waals surface area contributed by atoms with E-state index in [4.69, 9.17) is 16.6 Å². The van der Waals surface area contributed by atoms with Crippen molar-refractivity contribution in [1.29, 1.82) is 0 Å². The lowest BCUT2D eigenvalue weighted by molar-refractivity contribution is -0.0559. The van der Waals surface area contributed by atoms with Crippen molar-refractivity contribution in [2.45, 2.75) is 44.4 Å². The Kier molecular flexibility index (Phi) is 4.70. The SMILES string of the molecule is CCC(N)C(O)(CO)C(N)CC. The van der Waals surface area contributed by atoms with Gasteiger partial charge in [-0.2, -0.15) is 0 Å². The summed E-state index contributed by atoms with van der Waals surface area (Å²) in [5.74, 6) is 0. The Hall–Kier alpha value is -0.160. The molecule has 0 aromatic heterocycles. The molecule has 0 heterocycles. The van der Waals surface area contributed by atoms with E-state index in [-0.39, 0.29) is 6.61 Å². The average Bonchev–Trinajstić information content (AvgIpc) is 2.13. The van der Waals surface area contributed by atoms with Gasteiger partial charge in [-0.1, -0.05) is 13.8 Å². The van der Waals surface area contributed by atoms with E-state index in [1.807, 2.05) is 13.8 Å². The van der Waals surface area contributed by atoms with Gasteiger partial charge in [0.25, 0.3) is 0 Å². The van der Waals surface area contributed by atoms with E-state index in [0.717, 1.165) is 0 Å². The summed E-state index contributed by atoms with van der Waals surface area (Å²) in [6.07, 6.45) is 1.20. The van der Waals surface area contributed by atoms with Gasteiger partial charge >= 0.3 is 0 Å². The molecule has 0 aromatic rings. The predicted molar refractivity (Wildman–Crippen MR) is 48.6 cm³/mol. The Morgan fingerprint density at radius 2 is 1.50 bits per heavy atom. The second-order valence-corrected chi connectivity index (χ2v) is 3.18. The molecule has 0 aromatic carbocycles. The summed E-state index contributed by atoms with van der Waals surface area (Å²) >= 11 is 0. The largest absolute Gasteiger partial charge is 0.393 e. The van der Waals surface area contributed by atoms with Crippen LogP contribution in [0.5, 0.6) is 0 Å². The van der Waals surface area contributed by atoms with Crippen molar-refractivity contribution in [3.05, 3.63) is 0 Å². The smallest absolute Gasteiger partial charge is 0.118 e. The second kappa shape index (κ2) is 4.77. The summed E-state index contributed by atoms with van der Waals surface area (Å²) in [5.41, 5.74) is 9.97. The number of rotatable bonds is 5. The summed E-state index contributed by atoms with van der Waals surface area (Å²) in [5, 5.41) is 18.8. The molecule has 0 radical (unpaired) electrons. The van der Waals surface area contributed by atoms with E-state index < -0.39 is 17.7 Å². The molecule has 12 heavy (non-hydrogen) atoms. The fourth-order valence-electron chi connectivity index (χ4n) is 1.22. The third-order valence-corrected chi connectivity index (χ3v) is 2.42. The average molecular weight is 176 g/mol. The number of hydrogen-bond acceptors (Lipinski definition) is 4. The first-order valence-corrected chi connectivity index (χ1v) is 4.37. The van der Waals surface area contributed by atoms with Crippen LogP contribution >= 0.6 is 0 Å². The van der Waals surface area contributed by atoms with Crippen LogP contribution in [0.1, 0.15) is 26.7 Å². The van der Waals surface area contributed by atoms with Crippen LogP contribution in [0.15, 0.2) is 0 Å². The first kappa shape index (κ1) is 11.8. The molecule has 0 aliphatic heterocycles. The van der Waals surface area contributed by atoms with Crippen molar-refractivity contribution in [3.8, 4) is 0 Å². The summed E-state index contributed by atoms with van der Waals surface area (Å²) in [7, 11) is 0. The topological polar surface area (TPSA) is 92.5 Å². The van der Waals surface area contributed by atoms with Crippen molar-refractivity contribution in [3.63, 3.8) is 0 Å². The summed E-state index contributed by atoms with van der Waals surface area (Å²) < 4.78 is 0. The van der Waals surface area contributed by atoms with E-state index in [0.29, 0.717) is 12.8 Å². The molecule has 0 saturated heterocycles. The molecule has 6 N–H and O–H groups in total. The number of aliphatic hydroxyl groups is 2. The van der Waals surface area contributed by atoms with Gasteiger partial charge in [0.15, 0.2) is 0 Å². The minimum absolute atomic E-state index is 0.378. The summed E-state index contributed by atoms with van der Waals surface area (Å²) in [4.78, 5) is 0. The third kappa shape index (κ3) is 2.17. The summed E-state index contributed by atoms with van der Waals surface area (Å²) in [6.45, 7) is 3.33. The highest BCUT2D eigenvalue weighted by atomic mass is 16.3. The maximum Gasteiger partial charge on any atom is 0.118 e. The van der Waals surface area contributed by atoms with Gasteiger partial charge in [-0.15, -0.1) is 0 Å². The van der Waals surface area contributed by atoms with Crippen LogP contribution in [0.25, 0.3) is 0 Å². The van der Waals surface area contributed by atoms with Crippen molar-refractivity contribution < 1.29 is 10.2 Å². The number of hydrogen-bond donors (Lipinski definition) is 4. The van der Waals surface area contributed by atoms with Crippen LogP contribution in [0.2, 0.25) is 0 Å². The molecule has 74 valence electrons. The molecule has 2 unspecified atom stereocenters. The maximum atomic E-state index is 9.86. The Labute approximate surface area is 73.6 Å². The van der Waals surface area contributed by atoms with Gasteiger partial charge in [0.2, 0.25) is 0 Å². The van der Waals surface area contributed by atoms with Gasteiger partial charge in [-0.25, -0.2) is 0 Å². The van der Waals surface area contributed by atoms with Crippen LogP contribution in [0.4, 0.5) is 0 Å². The highest BCUT2D eigenvalue weighted by molar-refractivity contribution is 4.96. The zero-order chi connectivity index (χ0) is 9.78. The van der Waals surface area contributed by atoms with Crippen molar-refractivity contribution in [2.75, 3.05) is 6.61 Å². The standard InChI is InChI=1S/C8H20N2O2/c1-3-6(9)8(12,5-11)7(10)4-2/h6-7,11-12H,3-5,9-10H2,1-2H3. The minimum atomic E-state index is -1.33. The van der Waals surface area contributed by atoms with Crippen molar-refractivity contribution in [1.82, 2.24) is 0 Å². The van der Waals surface area contributed by atoms with E-state index >= 15 is 0 Å². The van der Waals surface area contributed by atoms with E-state index in [1.165, 1.54) is 0 Å². The number of aliphatic hydroxyl groups excluding tert-OH is 1. The maximum absolute atomic E-state index is 9.86. The number of nitrogens with two attached hydrogens (primary N) is 2. The predicted octanol–water partition coefficient (Wildman–Crippen LogP) is -0.816. The zero-order valence-electron chi connectivity index (χ0n) is 7.83. The molecule has 4 nitrogen and oxygen atoms in total. The first-order valence-electron chi connectivity index (χ1n) is 4.37. The lowest BCUT2D eigenvalue weighted by Gasteiger charge is -2.36. The molecule has 0 aliphatic carbocycles. The zero-order valence-corrected chi connectivity index (χ0v) is 7.83. The van der Waals surface area contributed by atoms with Gasteiger partial charge in [-0.3, -0.25) is 0 Å². The minimum Gasteiger partial charge on any atom is -0.393 e. The van der Waals surface area contributed by atoms with E-state index in [1.54, 1.807) is 0 Å². The Morgan fingerprint density at radius 1 is 1.17 bits per heavy atom. The molecular formula is C8H20N2O2. The monoisotopic (exact) mass is 176 g/mol. The van der Waals surface area contributed by atoms with Crippen LogP contribution in [0.3, 0.4) is 0 Å². The van der Waals surface area contributed by atoms with Gasteiger partial charge in [0, 0.05) is 12.1 Å². The molecule has 0 rings (SSSR count). The molecule has 0 aliphatic rings. The molecule has 0 fully saturated rings. The molecular weight excluding hydrogens is 156 g/mol. The van der Waals surface area contributed by atoms with Crippen LogP contribution in [-0.4, -0.2) is 34.5 Å². The Bertz CT molecular complexity index is 120. The Morgan fingerprint density at radius 3 is 1.67 bits per heavy atom. The van der Waals surface area contributed by atoms with Crippen LogP contribution in [-0.2, 0) is 0 Å². The fourth-order valence-corrected chi connectivity index (χ4v) is 1.22. The lowest BCUT2D eigenvalue weighted by atomic mass is 9.85. The molecule has 0 bridgehead atoms. The van der Waals surface area contributed by atoms with Gasteiger partial charge in [0.05, 0.1) is 6.61 Å². The van der Waals surface area contributed by atoms with Crippen LogP contribution in [0, 0.1) is 0 Å². The second-order valence-electron chi connectivity index (χ2n) is 3.18. The van der Waals surface area contributed by atoms with E-state index in [2.05, 4.69) is 0 Å². The van der Waals surface area contributed by atoms with Crippen molar-refractivity contribution >= 4 is 0 Å². The Balaban J connectivity index is 4.42. The quantitative estimate of drug-likeness (QED) is 0.440. The normalized spacial score (nSPS) is 21.5. The molecule has 0 spiro atoms. The van der Waals surface area contributed by atoms with Gasteiger partial charge < -0.3 is 21.7 Å². The molecule has 4 heteroatoms. The van der Waals surface area contributed by atoms with Crippen molar-refractivity contribution in [2.24, 2.45) is 11.5 Å². The molecule has 0 saturated carbocycles. The van der Waals surface area contributed by atoms with Gasteiger partial charge in [0.1, 0.15) is 5.60 Å². The van der Waals surface area contributed by atoms with Gasteiger partial charge in [-0.05, 0) is 12.8 Å². The lowest BCUT2D eigenvalue weighted by Crippen LogP contribution is -2.61. The highest BCUT2D eigenvalue weighted by Gasteiger charge is 2.37. The third-order valence-electron chi connectivity index (χ3n) is 2.42. The summed E-state index contributed by atoms with van der Waals surface area (Å²) in [6, 6.07) is -0.921. The van der Waals surface area contributed by atoms with Crippen LogP contribution < -0.4 is 11.5 Å².